The first kappa shape index (κ1) is 12.1. The van der Waals surface area contributed by atoms with Crippen molar-refractivity contribution in [1.29, 1.82) is 0 Å². The van der Waals surface area contributed by atoms with Gasteiger partial charge in [0.2, 0.25) is 0 Å². The number of rotatable bonds is 4. The van der Waals surface area contributed by atoms with Crippen LogP contribution in [-0.2, 0) is 6.54 Å². The van der Waals surface area contributed by atoms with Gasteiger partial charge in [-0.3, -0.25) is 0 Å². The number of anilines is 1. The fraction of sp³-hybridized carbons (Fsp3) is 0.500. The van der Waals surface area contributed by atoms with Crippen molar-refractivity contribution in [1.82, 2.24) is 10.3 Å². The molecule has 92 valence electrons. The summed E-state index contributed by atoms with van der Waals surface area (Å²) < 4.78 is 0. The Hall–Kier alpha value is -1.35. The SMILES string of the molecule is CC(C)NCc1ccc(N2CC=CCC2)nc1. The van der Waals surface area contributed by atoms with E-state index in [1.54, 1.807) is 0 Å². The van der Waals surface area contributed by atoms with Crippen LogP contribution in [0, 0.1) is 0 Å². The largest absolute Gasteiger partial charge is 0.353 e. The van der Waals surface area contributed by atoms with Crippen LogP contribution in [0.25, 0.3) is 0 Å². The fourth-order valence-electron chi connectivity index (χ4n) is 1.88. The number of hydrogen-bond donors (Lipinski definition) is 1. The second kappa shape index (κ2) is 5.82. The summed E-state index contributed by atoms with van der Waals surface area (Å²) in [5.41, 5.74) is 1.25. The summed E-state index contributed by atoms with van der Waals surface area (Å²) in [6, 6.07) is 4.80. The second-order valence-corrected chi connectivity index (χ2v) is 4.77. The number of pyridine rings is 1. The smallest absolute Gasteiger partial charge is 0.128 e. The summed E-state index contributed by atoms with van der Waals surface area (Å²) in [4.78, 5) is 6.84. The Kier molecular flexibility index (Phi) is 4.15. The van der Waals surface area contributed by atoms with Gasteiger partial charge in [0.05, 0.1) is 0 Å². The number of aromatic nitrogens is 1. The van der Waals surface area contributed by atoms with E-state index in [0.29, 0.717) is 6.04 Å². The monoisotopic (exact) mass is 231 g/mol. The lowest BCUT2D eigenvalue weighted by Gasteiger charge is -2.24. The van der Waals surface area contributed by atoms with Crippen LogP contribution in [-0.4, -0.2) is 24.1 Å². The molecule has 0 radical (unpaired) electrons. The van der Waals surface area contributed by atoms with Crippen molar-refractivity contribution in [2.24, 2.45) is 0 Å². The normalized spacial score (nSPS) is 15.6. The fourth-order valence-corrected chi connectivity index (χ4v) is 1.88. The minimum Gasteiger partial charge on any atom is -0.353 e. The Bertz CT molecular complexity index is 368. The van der Waals surface area contributed by atoms with Gasteiger partial charge < -0.3 is 10.2 Å². The summed E-state index contributed by atoms with van der Waals surface area (Å²) in [5.74, 6) is 1.09. The minimum absolute atomic E-state index is 0.516. The van der Waals surface area contributed by atoms with Crippen molar-refractivity contribution in [3.05, 3.63) is 36.0 Å². The van der Waals surface area contributed by atoms with Crippen LogP contribution in [0.15, 0.2) is 30.5 Å². The van der Waals surface area contributed by atoms with E-state index < -0.39 is 0 Å². The second-order valence-electron chi connectivity index (χ2n) is 4.77. The predicted molar refractivity (Wildman–Crippen MR) is 72.2 cm³/mol. The van der Waals surface area contributed by atoms with Crippen molar-refractivity contribution in [3.63, 3.8) is 0 Å². The van der Waals surface area contributed by atoms with Gasteiger partial charge in [0.25, 0.3) is 0 Å². The molecule has 0 bridgehead atoms. The van der Waals surface area contributed by atoms with Crippen LogP contribution in [0.4, 0.5) is 5.82 Å². The molecule has 17 heavy (non-hydrogen) atoms. The molecular weight excluding hydrogens is 210 g/mol. The molecule has 1 aromatic heterocycles. The minimum atomic E-state index is 0.516. The van der Waals surface area contributed by atoms with E-state index in [4.69, 9.17) is 0 Å². The molecule has 0 aliphatic carbocycles. The van der Waals surface area contributed by atoms with Gasteiger partial charge in [0.15, 0.2) is 0 Å². The molecule has 0 spiro atoms. The van der Waals surface area contributed by atoms with E-state index in [2.05, 4.69) is 53.3 Å². The van der Waals surface area contributed by atoms with Crippen LogP contribution in [0.1, 0.15) is 25.8 Å². The number of hydrogen-bond acceptors (Lipinski definition) is 3. The van der Waals surface area contributed by atoms with Crippen LogP contribution >= 0.6 is 0 Å². The highest BCUT2D eigenvalue weighted by molar-refractivity contribution is 5.41. The summed E-state index contributed by atoms with van der Waals surface area (Å²) in [6.07, 6.45) is 7.54. The van der Waals surface area contributed by atoms with Gasteiger partial charge in [0, 0.05) is 31.9 Å². The molecule has 0 atom stereocenters. The highest BCUT2D eigenvalue weighted by Gasteiger charge is 2.08. The lowest BCUT2D eigenvalue weighted by atomic mass is 10.2. The van der Waals surface area contributed by atoms with E-state index in [9.17, 15) is 0 Å². The van der Waals surface area contributed by atoms with Crippen LogP contribution in [0.2, 0.25) is 0 Å². The zero-order valence-electron chi connectivity index (χ0n) is 10.7. The molecule has 3 nitrogen and oxygen atoms in total. The average molecular weight is 231 g/mol. The maximum Gasteiger partial charge on any atom is 0.128 e. The van der Waals surface area contributed by atoms with Gasteiger partial charge in [-0.15, -0.1) is 0 Å². The Balaban J connectivity index is 1.95. The van der Waals surface area contributed by atoms with E-state index in [-0.39, 0.29) is 0 Å². The quantitative estimate of drug-likeness (QED) is 0.806. The first-order valence-corrected chi connectivity index (χ1v) is 6.34. The zero-order valence-corrected chi connectivity index (χ0v) is 10.7. The maximum atomic E-state index is 4.53. The Morgan fingerprint density at radius 2 is 2.24 bits per heavy atom. The molecule has 1 aliphatic rings. The summed E-state index contributed by atoms with van der Waals surface area (Å²) in [5, 5.41) is 3.40. The van der Waals surface area contributed by atoms with Crippen molar-refractivity contribution >= 4 is 5.82 Å². The molecule has 1 aliphatic heterocycles. The van der Waals surface area contributed by atoms with Crippen LogP contribution < -0.4 is 10.2 Å². The zero-order chi connectivity index (χ0) is 12.1. The van der Waals surface area contributed by atoms with E-state index in [0.717, 1.165) is 31.9 Å². The molecule has 0 unspecified atom stereocenters. The molecule has 0 fully saturated rings. The maximum absolute atomic E-state index is 4.53. The molecule has 1 aromatic rings. The molecule has 0 aromatic carbocycles. The van der Waals surface area contributed by atoms with Crippen LogP contribution in [0.5, 0.6) is 0 Å². The standard InChI is InChI=1S/C14H21N3/c1-12(2)15-10-13-6-7-14(16-11-13)17-8-4-3-5-9-17/h3-4,6-7,11-12,15H,5,8-10H2,1-2H3. The summed E-state index contributed by atoms with van der Waals surface area (Å²) in [7, 11) is 0. The molecule has 2 heterocycles. The highest BCUT2D eigenvalue weighted by Crippen LogP contribution is 2.14. The van der Waals surface area contributed by atoms with E-state index in [1.165, 1.54) is 5.56 Å². The van der Waals surface area contributed by atoms with Gasteiger partial charge in [-0.2, -0.15) is 0 Å². The first-order valence-electron chi connectivity index (χ1n) is 6.34. The van der Waals surface area contributed by atoms with Crippen molar-refractivity contribution in [3.8, 4) is 0 Å². The molecular formula is C14H21N3. The first-order chi connectivity index (χ1) is 8.25. The third kappa shape index (κ3) is 3.56. The summed E-state index contributed by atoms with van der Waals surface area (Å²) >= 11 is 0. The molecule has 2 rings (SSSR count). The highest BCUT2D eigenvalue weighted by atomic mass is 15.2. The third-order valence-electron chi connectivity index (χ3n) is 2.91. The van der Waals surface area contributed by atoms with E-state index in [1.807, 2.05) is 6.20 Å². The Morgan fingerprint density at radius 1 is 1.35 bits per heavy atom. The Morgan fingerprint density at radius 3 is 2.82 bits per heavy atom. The third-order valence-corrected chi connectivity index (χ3v) is 2.91. The van der Waals surface area contributed by atoms with E-state index >= 15 is 0 Å². The van der Waals surface area contributed by atoms with Gasteiger partial charge in [0.1, 0.15) is 5.82 Å². The van der Waals surface area contributed by atoms with Gasteiger partial charge in [-0.1, -0.05) is 32.1 Å². The lowest BCUT2D eigenvalue weighted by Crippen LogP contribution is -2.27. The van der Waals surface area contributed by atoms with Crippen molar-refractivity contribution in [2.45, 2.75) is 32.9 Å². The number of nitrogens with zero attached hydrogens (tertiary/aromatic N) is 2. The van der Waals surface area contributed by atoms with Gasteiger partial charge in [-0.25, -0.2) is 4.98 Å². The molecule has 0 amide bonds. The molecule has 1 N–H and O–H groups in total. The lowest BCUT2D eigenvalue weighted by molar-refractivity contribution is 0.588. The predicted octanol–water partition coefficient (Wildman–Crippen LogP) is 2.35. The molecule has 0 saturated carbocycles. The Labute approximate surface area is 104 Å². The van der Waals surface area contributed by atoms with Gasteiger partial charge >= 0.3 is 0 Å². The summed E-state index contributed by atoms with van der Waals surface area (Å²) in [6.45, 7) is 7.26. The number of nitrogens with one attached hydrogen (secondary N) is 1. The average Bonchev–Trinajstić information content (AvgIpc) is 2.38. The molecule has 0 saturated heterocycles. The topological polar surface area (TPSA) is 28.2 Å². The molecule has 3 heteroatoms. The van der Waals surface area contributed by atoms with Crippen molar-refractivity contribution in [2.75, 3.05) is 18.0 Å². The van der Waals surface area contributed by atoms with Crippen LogP contribution in [0.3, 0.4) is 0 Å². The van der Waals surface area contributed by atoms with Gasteiger partial charge in [-0.05, 0) is 18.1 Å². The van der Waals surface area contributed by atoms with Crippen molar-refractivity contribution < 1.29 is 0 Å².